The van der Waals surface area contributed by atoms with Crippen LogP contribution in [0.4, 0.5) is 0 Å². The molecule has 0 radical (unpaired) electrons. The zero-order valence-corrected chi connectivity index (χ0v) is 24.4. The lowest BCUT2D eigenvalue weighted by Crippen LogP contribution is -2.24. The molecule has 0 aromatic heterocycles. The Morgan fingerprint density at radius 1 is 0.629 bits per heavy atom. The topological polar surface area (TPSA) is 0 Å². The molecule has 3 unspecified atom stereocenters. The van der Waals surface area contributed by atoms with Crippen molar-refractivity contribution in [3.63, 3.8) is 0 Å². The lowest BCUT2D eigenvalue weighted by Gasteiger charge is -2.29. The molecule has 0 saturated heterocycles. The summed E-state index contributed by atoms with van der Waals surface area (Å²) in [6.07, 6.45) is 5.97. The molecule has 0 aliphatic heterocycles. The van der Waals surface area contributed by atoms with Crippen LogP contribution in [-0.2, 0) is 10.8 Å². The van der Waals surface area contributed by atoms with Crippen LogP contribution in [0.3, 0.4) is 0 Å². The lowest BCUT2D eigenvalue weighted by atomic mass is 9.77. The number of hydrogen-bond donors (Lipinski definition) is 0. The van der Waals surface area contributed by atoms with Gasteiger partial charge in [0.2, 0.25) is 0 Å². The van der Waals surface area contributed by atoms with Crippen molar-refractivity contribution < 1.29 is 0 Å². The van der Waals surface area contributed by atoms with E-state index in [-0.39, 0.29) is 10.8 Å². The molecular weight excluding hydrogens is 439 g/mol. The van der Waals surface area contributed by atoms with Gasteiger partial charge in [-0.05, 0) is 83.0 Å². The first-order valence-electron chi connectivity index (χ1n) is 13.8. The van der Waals surface area contributed by atoms with E-state index in [9.17, 15) is 0 Å². The van der Waals surface area contributed by atoms with E-state index in [0.717, 1.165) is 6.42 Å². The second kappa shape index (κ2) is 11.9. The third-order valence-corrected chi connectivity index (χ3v) is 11.0. The summed E-state index contributed by atoms with van der Waals surface area (Å²) in [6, 6.07) is 28.7. The van der Waals surface area contributed by atoms with E-state index in [4.69, 9.17) is 0 Å². The van der Waals surface area contributed by atoms with Gasteiger partial charge in [-0.1, -0.05) is 135 Å². The van der Waals surface area contributed by atoms with Crippen molar-refractivity contribution in [2.24, 2.45) is 0 Å². The Hall–Kier alpha value is -1.91. The van der Waals surface area contributed by atoms with Crippen LogP contribution in [0, 0.1) is 0 Å². The first-order chi connectivity index (χ1) is 16.7. The average molecular weight is 487 g/mol. The van der Waals surface area contributed by atoms with Gasteiger partial charge in [0.25, 0.3) is 0 Å². The van der Waals surface area contributed by atoms with Gasteiger partial charge in [0, 0.05) is 0 Å². The van der Waals surface area contributed by atoms with Crippen LogP contribution in [0.15, 0.2) is 72.8 Å². The predicted molar refractivity (Wildman–Crippen MR) is 160 cm³/mol. The maximum atomic E-state index is 2.43. The summed E-state index contributed by atoms with van der Waals surface area (Å²) in [7, 11) is -0.595. The smallest absolute Gasteiger partial charge is 0.00780 e. The third kappa shape index (κ3) is 6.27. The minimum absolute atomic E-state index is 0.213. The number of benzene rings is 3. The molecule has 0 N–H and O–H groups in total. The van der Waals surface area contributed by atoms with Gasteiger partial charge < -0.3 is 0 Å². The van der Waals surface area contributed by atoms with Gasteiger partial charge in [-0.25, -0.2) is 0 Å². The third-order valence-electron chi connectivity index (χ3n) is 8.53. The summed E-state index contributed by atoms with van der Waals surface area (Å²) in [5, 5.41) is 4.32. The van der Waals surface area contributed by atoms with Gasteiger partial charge in [-0.2, -0.15) is 0 Å². The van der Waals surface area contributed by atoms with Crippen LogP contribution in [0.1, 0.15) is 110 Å². The van der Waals surface area contributed by atoms with Gasteiger partial charge >= 0.3 is 0 Å². The second-order valence-corrected chi connectivity index (χ2v) is 13.5. The molecule has 0 heterocycles. The van der Waals surface area contributed by atoms with E-state index < -0.39 is 7.92 Å². The second-order valence-electron chi connectivity index (χ2n) is 11.2. The molecular formula is C34H47P. The molecule has 0 aliphatic rings. The highest BCUT2D eigenvalue weighted by atomic mass is 31.1. The van der Waals surface area contributed by atoms with Gasteiger partial charge in [-0.15, -0.1) is 0 Å². The van der Waals surface area contributed by atoms with E-state index >= 15 is 0 Å². The minimum atomic E-state index is -0.595. The molecule has 0 saturated carbocycles. The highest BCUT2D eigenvalue weighted by Gasteiger charge is 2.25. The predicted octanol–water partition coefficient (Wildman–Crippen LogP) is 9.11. The van der Waals surface area contributed by atoms with Crippen LogP contribution in [-0.4, -0.2) is 0 Å². The summed E-state index contributed by atoms with van der Waals surface area (Å²) in [6.45, 7) is 18.6. The summed E-state index contributed by atoms with van der Waals surface area (Å²) in [5.41, 5.74) is 4.83. The molecule has 0 aliphatic carbocycles. The Balaban J connectivity index is 2.05. The fourth-order valence-electron chi connectivity index (χ4n) is 4.99. The highest BCUT2D eigenvalue weighted by molar-refractivity contribution is 7.79. The Morgan fingerprint density at radius 2 is 1.09 bits per heavy atom. The molecule has 3 aromatic carbocycles. The summed E-state index contributed by atoms with van der Waals surface area (Å²) < 4.78 is 0. The molecule has 0 spiro atoms. The molecule has 3 aromatic rings. The van der Waals surface area contributed by atoms with Crippen molar-refractivity contribution in [3.05, 3.63) is 89.5 Å². The molecule has 0 fully saturated rings. The monoisotopic (exact) mass is 486 g/mol. The quantitative estimate of drug-likeness (QED) is 0.237. The van der Waals surface area contributed by atoms with Crippen LogP contribution in [0.2, 0.25) is 0 Å². The Morgan fingerprint density at radius 3 is 1.49 bits per heavy atom. The van der Waals surface area contributed by atoms with Crippen molar-refractivity contribution in [1.29, 1.82) is 0 Å². The first kappa shape index (κ1) is 27.7. The molecule has 1 heteroatoms. The van der Waals surface area contributed by atoms with E-state index in [1.807, 2.05) is 0 Å². The van der Waals surface area contributed by atoms with Crippen LogP contribution < -0.4 is 15.9 Å². The van der Waals surface area contributed by atoms with Crippen molar-refractivity contribution >= 4 is 23.8 Å². The average Bonchev–Trinajstić information content (AvgIpc) is 2.89. The van der Waals surface area contributed by atoms with Gasteiger partial charge in [0.1, 0.15) is 0 Å². The first-order valence-corrected chi connectivity index (χ1v) is 15.1. The van der Waals surface area contributed by atoms with E-state index in [2.05, 4.69) is 128 Å². The lowest BCUT2D eigenvalue weighted by molar-refractivity contribution is 0.414. The van der Waals surface area contributed by atoms with Crippen molar-refractivity contribution in [2.45, 2.75) is 104 Å². The largest absolute Gasteiger partial charge is 0.0654 e. The Labute approximate surface area is 217 Å². The van der Waals surface area contributed by atoms with E-state index in [1.165, 1.54) is 58.3 Å². The number of hydrogen-bond acceptors (Lipinski definition) is 0. The molecule has 3 atom stereocenters. The maximum Gasteiger partial charge on any atom is -0.00780 e. The van der Waals surface area contributed by atoms with E-state index in [0.29, 0.717) is 5.92 Å². The van der Waals surface area contributed by atoms with Crippen molar-refractivity contribution in [3.8, 4) is 0 Å². The summed E-state index contributed by atoms with van der Waals surface area (Å²) >= 11 is 0. The molecule has 0 nitrogen and oxygen atoms in total. The Kier molecular flexibility index (Phi) is 9.40. The molecule has 188 valence electrons. The minimum Gasteiger partial charge on any atom is -0.0654 e. The normalized spacial score (nSPS) is 15.4. The highest BCUT2D eigenvalue weighted by Crippen LogP contribution is 2.37. The van der Waals surface area contributed by atoms with Crippen LogP contribution in [0.25, 0.3) is 0 Å². The SMILES string of the molecule is CCCC(C)(CC)c1ccc(P(c2ccc(C(C)CC)cc2)c2ccc(C(C)(C)CC)cc2)cc1. The summed E-state index contributed by atoms with van der Waals surface area (Å²) in [5.74, 6) is 0.607. The molecule has 35 heavy (non-hydrogen) atoms. The zero-order valence-electron chi connectivity index (χ0n) is 23.5. The number of rotatable bonds is 11. The standard InChI is InChI=1S/C34H47P/c1-9-25-34(8,12-4)29-17-23-32(24-18-29)35(30-19-13-27(14-20-30)26(5)10-2)31-21-15-28(16-22-31)33(6,7)11-3/h13-24,26H,9-12,25H2,1-8H3. The van der Waals surface area contributed by atoms with Gasteiger partial charge in [0.15, 0.2) is 0 Å². The van der Waals surface area contributed by atoms with Crippen molar-refractivity contribution in [2.75, 3.05) is 0 Å². The fraction of sp³-hybridized carbons (Fsp3) is 0.471. The zero-order chi connectivity index (χ0) is 25.6. The summed E-state index contributed by atoms with van der Waals surface area (Å²) in [4.78, 5) is 0. The fourth-order valence-corrected chi connectivity index (χ4v) is 7.23. The van der Waals surface area contributed by atoms with Gasteiger partial charge in [-0.3, -0.25) is 0 Å². The van der Waals surface area contributed by atoms with Crippen molar-refractivity contribution in [1.82, 2.24) is 0 Å². The van der Waals surface area contributed by atoms with Crippen LogP contribution in [0.5, 0.6) is 0 Å². The molecule has 0 bridgehead atoms. The van der Waals surface area contributed by atoms with E-state index in [1.54, 1.807) is 0 Å². The molecule has 0 amide bonds. The van der Waals surface area contributed by atoms with Crippen LogP contribution >= 0.6 is 7.92 Å². The maximum absolute atomic E-state index is 2.43. The van der Waals surface area contributed by atoms with Gasteiger partial charge in [0.05, 0.1) is 0 Å². The Bertz CT molecular complexity index is 1040. The molecule has 3 rings (SSSR count).